The quantitative estimate of drug-likeness (QED) is 0.426. The van der Waals surface area contributed by atoms with Gasteiger partial charge in [-0.2, -0.15) is 0 Å². The van der Waals surface area contributed by atoms with Crippen LogP contribution >= 0.6 is 0 Å². The number of rotatable bonds is 13. The van der Waals surface area contributed by atoms with Crippen molar-refractivity contribution >= 4 is 14.9 Å². The first-order valence-electron chi connectivity index (χ1n) is 8.05. The van der Waals surface area contributed by atoms with Crippen LogP contribution in [0.2, 0.25) is 6.04 Å². The molecule has 0 spiro atoms. The van der Waals surface area contributed by atoms with Gasteiger partial charge in [0.25, 0.3) is 0 Å². The molecule has 0 radical (unpaired) electrons. The zero-order valence-corrected chi connectivity index (χ0v) is 15.5. The molecule has 1 rings (SSSR count). The molecule has 2 N–H and O–H groups in total. The number of benzene rings is 1. The van der Waals surface area contributed by atoms with Gasteiger partial charge in [0.15, 0.2) is 0 Å². The molecule has 0 saturated carbocycles. The van der Waals surface area contributed by atoms with Gasteiger partial charge in [-0.1, -0.05) is 42.5 Å². The predicted molar refractivity (Wildman–Crippen MR) is 97.4 cm³/mol. The Hall–Kier alpha value is -1.02. The largest absolute Gasteiger partial charge is 0.500 e. The maximum atomic E-state index is 5.39. The van der Waals surface area contributed by atoms with E-state index in [2.05, 4.69) is 34.9 Å². The molecule has 1 aromatic carbocycles. The molecule has 23 heavy (non-hydrogen) atoms. The number of hydrogen-bond acceptors (Lipinski definition) is 5. The standard InChI is InChI=1S/C17H30N2O3Si/c1-20-23(21-2,22-3)16-8-13-19-15-14-18-12-7-11-17-9-5-4-6-10-17/h4-7,9-11,18-19H,8,12-16H2,1-3H3/b11-7+. The van der Waals surface area contributed by atoms with E-state index >= 15 is 0 Å². The lowest BCUT2D eigenvalue weighted by atomic mass is 10.2. The highest BCUT2D eigenvalue weighted by Gasteiger charge is 2.36. The Morgan fingerprint density at radius 1 is 0.913 bits per heavy atom. The van der Waals surface area contributed by atoms with E-state index in [1.165, 1.54) is 5.56 Å². The summed E-state index contributed by atoms with van der Waals surface area (Å²) in [5, 5.41) is 6.79. The van der Waals surface area contributed by atoms with E-state index in [0.717, 1.165) is 38.6 Å². The lowest BCUT2D eigenvalue weighted by molar-refractivity contribution is 0.123. The molecule has 0 heterocycles. The minimum absolute atomic E-state index is 0.830. The smallest absolute Gasteiger partial charge is 0.377 e. The summed E-state index contributed by atoms with van der Waals surface area (Å²) in [4.78, 5) is 0. The van der Waals surface area contributed by atoms with Crippen molar-refractivity contribution in [2.75, 3.05) is 47.5 Å². The third-order valence-electron chi connectivity index (χ3n) is 3.62. The highest BCUT2D eigenvalue weighted by atomic mass is 28.4. The Morgan fingerprint density at radius 2 is 1.57 bits per heavy atom. The minimum atomic E-state index is -2.40. The molecule has 0 aromatic heterocycles. The van der Waals surface area contributed by atoms with Gasteiger partial charge < -0.3 is 23.9 Å². The van der Waals surface area contributed by atoms with Crippen molar-refractivity contribution in [3.63, 3.8) is 0 Å². The van der Waals surface area contributed by atoms with E-state index in [0.29, 0.717) is 0 Å². The van der Waals surface area contributed by atoms with E-state index < -0.39 is 8.80 Å². The monoisotopic (exact) mass is 338 g/mol. The summed E-state index contributed by atoms with van der Waals surface area (Å²) in [6.45, 7) is 3.71. The van der Waals surface area contributed by atoms with Crippen molar-refractivity contribution in [1.82, 2.24) is 10.6 Å². The topological polar surface area (TPSA) is 51.8 Å². The van der Waals surface area contributed by atoms with Gasteiger partial charge in [-0.25, -0.2) is 0 Å². The van der Waals surface area contributed by atoms with E-state index in [4.69, 9.17) is 13.3 Å². The van der Waals surface area contributed by atoms with Crippen molar-refractivity contribution in [2.24, 2.45) is 0 Å². The molecule has 1 aromatic rings. The van der Waals surface area contributed by atoms with Gasteiger partial charge in [0, 0.05) is 47.0 Å². The fourth-order valence-corrected chi connectivity index (χ4v) is 3.95. The Bertz CT molecular complexity index is 417. The molecule has 6 heteroatoms. The molecule has 0 amide bonds. The van der Waals surface area contributed by atoms with Gasteiger partial charge in [-0.05, 0) is 18.5 Å². The van der Waals surface area contributed by atoms with Gasteiger partial charge in [0.1, 0.15) is 0 Å². The summed E-state index contributed by atoms with van der Waals surface area (Å²) in [5.74, 6) is 0. The SMILES string of the molecule is CO[Si](CCCNCCNC/C=C/c1ccccc1)(OC)OC. The van der Waals surface area contributed by atoms with Gasteiger partial charge in [0.05, 0.1) is 0 Å². The van der Waals surface area contributed by atoms with Gasteiger partial charge in [-0.15, -0.1) is 0 Å². The summed E-state index contributed by atoms with van der Waals surface area (Å²) >= 11 is 0. The third kappa shape index (κ3) is 8.41. The van der Waals surface area contributed by atoms with Crippen molar-refractivity contribution < 1.29 is 13.3 Å². The van der Waals surface area contributed by atoms with Crippen molar-refractivity contribution in [3.8, 4) is 0 Å². The first-order valence-corrected chi connectivity index (χ1v) is 9.98. The van der Waals surface area contributed by atoms with Crippen molar-refractivity contribution in [1.29, 1.82) is 0 Å². The summed E-state index contributed by atoms with van der Waals surface area (Å²) in [7, 11) is 2.56. The first kappa shape index (κ1) is 20.0. The number of hydrogen-bond donors (Lipinski definition) is 2. The highest BCUT2D eigenvalue weighted by Crippen LogP contribution is 2.14. The van der Waals surface area contributed by atoms with Crippen LogP contribution in [0.3, 0.4) is 0 Å². The normalized spacial score (nSPS) is 12.1. The molecule has 0 saturated heterocycles. The zero-order valence-electron chi connectivity index (χ0n) is 14.5. The molecule has 0 aliphatic rings. The van der Waals surface area contributed by atoms with Crippen LogP contribution in [0.15, 0.2) is 36.4 Å². The average molecular weight is 339 g/mol. The molecule has 5 nitrogen and oxygen atoms in total. The zero-order chi connectivity index (χ0) is 16.8. The third-order valence-corrected chi connectivity index (χ3v) is 6.45. The van der Waals surface area contributed by atoms with Gasteiger partial charge >= 0.3 is 8.80 Å². The Kier molecular flexibility index (Phi) is 10.8. The van der Waals surface area contributed by atoms with Crippen LogP contribution in [0.25, 0.3) is 6.08 Å². The fraction of sp³-hybridized carbons (Fsp3) is 0.529. The molecular weight excluding hydrogens is 308 g/mol. The van der Waals surface area contributed by atoms with Gasteiger partial charge in [-0.3, -0.25) is 0 Å². The van der Waals surface area contributed by atoms with Crippen LogP contribution in [0, 0.1) is 0 Å². The molecule has 130 valence electrons. The summed E-state index contributed by atoms with van der Waals surface area (Å²) in [6.07, 6.45) is 5.26. The lowest BCUT2D eigenvalue weighted by Gasteiger charge is -2.24. The minimum Gasteiger partial charge on any atom is -0.377 e. The van der Waals surface area contributed by atoms with Crippen molar-refractivity contribution in [3.05, 3.63) is 42.0 Å². The van der Waals surface area contributed by atoms with Crippen LogP contribution in [-0.4, -0.2) is 56.3 Å². The Labute approximate surface area is 141 Å². The average Bonchev–Trinajstić information content (AvgIpc) is 2.61. The van der Waals surface area contributed by atoms with Crippen LogP contribution in [-0.2, 0) is 13.3 Å². The summed E-state index contributed by atoms with van der Waals surface area (Å²) < 4.78 is 16.2. The maximum absolute atomic E-state index is 5.39. The highest BCUT2D eigenvalue weighted by molar-refractivity contribution is 6.60. The van der Waals surface area contributed by atoms with Crippen LogP contribution < -0.4 is 10.6 Å². The molecular formula is C17H30N2O3Si. The Balaban J connectivity index is 1.98. The van der Waals surface area contributed by atoms with Crippen LogP contribution in [0.4, 0.5) is 0 Å². The van der Waals surface area contributed by atoms with Gasteiger partial charge in [0.2, 0.25) is 0 Å². The predicted octanol–water partition coefficient (Wildman–Crippen LogP) is 2.15. The second kappa shape index (κ2) is 12.4. The second-order valence-corrected chi connectivity index (χ2v) is 8.26. The molecule has 0 aliphatic heterocycles. The fourth-order valence-electron chi connectivity index (χ4n) is 2.23. The van der Waals surface area contributed by atoms with E-state index in [-0.39, 0.29) is 0 Å². The number of nitrogens with one attached hydrogen (secondary N) is 2. The lowest BCUT2D eigenvalue weighted by Crippen LogP contribution is -2.43. The van der Waals surface area contributed by atoms with E-state index in [9.17, 15) is 0 Å². The molecule has 0 atom stereocenters. The maximum Gasteiger partial charge on any atom is 0.500 e. The molecule has 0 unspecified atom stereocenters. The van der Waals surface area contributed by atoms with Crippen LogP contribution in [0.1, 0.15) is 12.0 Å². The molecule has 0 aliphatic carbocycles. The summed E-state index contributed by atoms with van der Waals surface area (Å²) in [6, 6.07) is 11.1. The first-order chi connectivity index (χ1) is 11.3. The molecule has 0 bridgehead atoms. The second-order valence-electron chi connectivity index (χ2n) is 5.17. The summed E-state index contributed by atoms with van der Waals surface area (Å²) in [5.41, 5.74) is 1.23. The van der Waals surface area contributed by atoms with E-state index in [1.807, 2.05) is 18.2 Å². The van der Waals surface area contributed by atoms with Crippen molar-refractivity contribution in [2.45, 2.75) is 12.5 Å². The molecule has 0 fully saturated rings. The Morgan fingerprint density at radius 3 is 2.22 bits per heavy atom. The van der Waals surface area contributed by atoms with Crippen LogP contribution in [0.5, 0.6) is 0 Å². The van der Waals surface area contributed by atoms with E-state index in [1.54, 1.807) is 21.3 Å².